The molecule has 36 heavy (non-hydrogen) atoms. The van der Waals surface area contributed by atoms with Gasteiger partial charge < -0.3 is 26.6 Å². The van der Waals surface area contributed by atoms with Gasteiger partial charge in [-0.25, -0.2) is 0 Å². The molecule has 0 radical (unpaired) electrons. The molecule has 11 heteroatoms. The number of carbonyl (C=O) groups excluding carboxylic acids is 3. The lowest BCUT2D eigenvalue weighted by Gasteiger charge is -2.31. The molecule has 2 aromatic carbocycles. The van der Waals surface area contributed by atoms with Crippen LogP contribution < -0.4 is 26.4 Å². The molecule has 1 aromatic heterocycles. The second-order valence-corrected chi connectivity index (χ2v) is 9.26. The zero-order valence-electron chi connectivity index (χ0n) is 20.2. The predicted molar refractivity (Wildman–Crippen MR) is 138 cm³/mol. The Kier molecular flexibility index (Phi) is 8.49. The van der Waals surface area contributed by atoms with Crippen molar-refractivity contribution in [2.75, 3.05) is 24.3 Å². The van der Waals surface area contributed by atoms with Gasteiger partial charge in [0.2, 0.25) is 5.91 Å². The van der Waals surface area contributed by atoms with Gasteiger partial charge in [0.05, 0.1) is 12.8 Å². The monoisotopic (exact) mass is 511 g/mol. The second kappa shape index (κ2) is 11.5. The number of methoxy groups -OCH3 is 1. The number of aromatic hydroxyl groups is 1. The minimum Gasteiger partial charge on any atom is -0.508 e. The first-order valence-electron chi connectivity index (χ1n) is 11.2. The van der Waals surface area contributed by atoms with Crippen LogP contribution in [0, 0.1) is 5.92 Å². The molecule has 3 aromatic rings. The van der Waals surface area contributed by atoms with Crippen LogP contribution in [-0.2, 0) is 4.79 Å². The fourth-order valence-electron chi connectivity index (χ4n) is 3.54. The topological polar surface area (TPSA) is 161 Å². The molecule has 10 nitrogen and oxygen atoms in total. The number of rotatable bonds is 10. The Morgan fingerprint density at radius 3 is 2.44 bits per heavy atom. The van der Waals surface area contributed by atoms with Crippen LogP contribution >= 0.6 is 11.5 Å². The van der Waals surface area contributed by atoms with Crippen LogP contribution in [0.25, 0.3) is 0 Å². The van der Waals surface area contributed by atoms with Crippen molar-refractivity contribution in [1.29, 1.82) is 0 Å². The molecule has 1 atom stereocenters. The summed E-state index contributed by atoms with van der Waals surface area (Å²) in [6, 6.07) is 11.5. The van der Waals surface area contributed by atoms with Crippen molar-refractivity contribution < 1.29 is 24.2 Å². The fourth-order valence-corrected chi connectivity index (χ4v) is 4.28. The molecule has 0 aliphatic rings. The summed E-state index contributed by atoms with van der Waals surface area (Å²) in [5.41, 5.74) is 11.8. The van der Waals surface area contributed by atoms with Crippen molar-refractivity contribution >= 4 is 40.6 Å². The number of carbonyl (C=O) groups is 3. The van der Waals surface area contributed by atoms with E-state index in [1.54, 1.807) is 36.4 Å². The Hall–Kier alpha value is -4.12. The predicted octanol–water partition coefficient (Wildman–Crippen LogP) is 3.09. The number of ether oxygens (including phenoxy) is 1. The van der Waals surface area contributed by atoms with Crippen molar-refractivity contribution in [3.8, 4) is 11.5 Å². The number of hydrogen-bond acceptors (Lipinski definition) is 8. The van der Waals surface area contributed by atoms with E-state index < -0.39 is 23.8 Å². The summed E-state index contributed by atoms with van der Waals surface area (Å²) in [7, 11) is 1.49. The molecule has 0 aliphatic carbocycles. The normalized spacial score (nSPS) is 11.7. The molecule has 0 bridgehead atoms. The van der Waals surface area contributed by atoms with Gasteiger partial charge >= 0.3 is 0 Å². The standard InChI is InChI=1S/C25H29N5O5S/c1-14(2)11-12-28-24(33)21(15-7-9-17(31)10-8-15)30(16-5-4-6-18(13-16)35-3)25(34)22-19(26)20(23(27)32)29-36-22/h4-10,13-14,21,31H,11-12,26H2,1-3H3,(H2,27,32)(H,28,33)/t21-/m1/s1. The van der Waals surface area contributed by atoms with E-state index in [9.17, 15) is 19.5 Å². The molecule has 0 saturated carbocycles. The fraction of sp³-hybridized carbons (Fsp3) is 0.280. The molecule has 3 rings (SSSR count). The minimum atomic E-state index is -1.14. The van der Waals surface area contributed by atoms with Crippen LogP contribution in [0.3, 0.4) is 0 Å². The maximum absolute atomic E-state index is 14.0. The Bertz CT molecular complexity index is 1240. The number of hydrogen-bond donors (Lipinski definition) is 4. The molecule has 0 unspecified atom stereocenters. The van der Waals surface area contributed by atoms with E-state index in [1.807, 2.05) is 13.8 Å². The molecule has 0 fully saturated rings. The molecule has 0 saturated heterocycles. The van der Waals surface area contributed by atoms with Gasteiger partial charge in [-0.15, -0.1) is 0 Å². The largest absolute Gasteiger partial charge is 0.508 e. The molecule has 3 amide bonds. The number of amides is 3. The Morgan fingerprint density at radius 1 is 1.17 bits per heavy atom. The van der Waals surface area contributed by atoms with Crippen molar-refractivity contribution in [3.63, 3.8) is 0 Å². The van der Waals surface area contributed by atoms with E-state index in [4.69, 9.17) is 16.2 Å². The highest BCUT2D eigenvalue weighted by atomic mass is 32.1. The van der Waals surface area contributed by atoms with Crippen molar-refractivity contribution in [2.24, 2.45) is 11.7 Å². The van der Waals surface area contributed by atoms with Gasteiger partial charge in [0, 0.05) is 18.3 Å². The van der Waals surface area contributed by atoms with Gasteiger partial charge in [-0.2, -0.15) is 4.37 Å². The zero-order chi connectivity index (χ0) is 26.4. The molecule has 0 spiro atoms. The van der Waals surface area contributed by atoms with Crippen molar-refractivity contribution in [1.82, 2.24) is 9.69 Å². The van der Waals surface area contributed by atoms with Crippen LogP contribution in [0.2, 0.25) is 0 Å². The first-order valence-corrected chi connectivity index (χ1v) is 12.0. The van der Waals surface area contributed by atoms with Gasteiger partial charge in [-0.1, -0.05) is 32.0 Å². The van der Waals surface area contributed by atoms with Crippen LogP contribution in [0.5, 0.6) is 11.5 Å². The van der Waals surface area contributed by atoms with Gasteiger partial charge in [-0.3, -0.25) is 19.3 Å². The highest BCUT2D eigenvalue weighted by Gasteiger charge is 2.36. The Morgan fingerprint density at radius 2 is 1.86 bits per heavy atom. The van der Waals surface area contributed by atoms with E-state index in [-0.39, 0.29) is 22.0 Å². The summed E-state index contributed by atoms with van der Waals surface area (Å²) in [5.74, 6) is -1.12. The van der Waals surface area contributed by atoms with Crippen LogP contribution in [0.15, 0.2) is 48.5 Å². The number of nitrogen functional groups attached to an aromatic ring is 1. The summed E-state index contributed by atoms with van der Waals surface area (Å²) in [6.07, 6.45) is 0.741. The quantitative estimate of drug-likeness (QED) is 0.325. The average Bonchev–Trinajstić information content (AvgIpc) is 3.24. The maximum Gasteiger partial charge on any atom is 0.273 e. The van der Waals surface area contributed by atoms with E-state index in [0.717, 1.165) is 18.0 Å². The number of anilines is 2. The van der Waals surface area contributed by atoms with E-state index >= 15 is 0 Å². The van der Waals surface area contributed by atoms with Gasteiger partial charge in [0.25, 0.3) is 11.8 Å². The van der Waals surface area contributed by atoms with Crippen LogP contribution in [-0.4, -0.2) is 40.9 Å². The molecule has 6 N–H and O–H groups in total. The lowest BCUT2D eigenvalue weighted by molar-refractivity contribution is -0.122. The van der Waals surface area contributed by atoms with Crippen LogP contribution in [0.4, 0.5) is 11.4 Å². The number of primary amides is 1. The molecule has 1 heterocycles. The number of phenolic OH excluding ortho intramolecular Hbond substituents is 1. The molecule has 190 valence electrons. The number of nitrogens with one attached hydrogen (secondary N) is 1. The van der Waals surface area contributed by atoms with Gasteiger partial charge in [-0.05, 0) is 53.7 Å². The average molecular weight is 512 g/mol. The first kappa shape index (κ1) is 26.5. The molecule has 0 aliphatic heterocycles. The first-order chi connectivity index (χ1) is 17.1. The number of phenols is 1. The Labute approximate surface area is 213 Å². The summed E-state index contributed by atoms with van der Waals surface area (Å²) >= 11 is 0.724. The molecular formula is C25H29N5O5S. The third kappa shape index (κ3) is 5.92. The summed E-state index contributed by atoms with van der Waals surface area (Å²) in [5, 5.41) is 12.7. The minimum absolute atomic E-state index is 0.00905. The maximum atomic E-state index is 14.0. The SMILES string of the molecule is COc1cccc(N(C(=O)c2snc(C(N)=O)c2N)[C@@H](C(=O)NCCC(C)C)c2ccc(O)cc2)c1. The number of nitrogens with zero attached hydrogens (tertiary/aromatic N) is 2. The Balaban J connectivity index is 2.17. The van der Waals surface area contributed by atoms with Crippen molar-refractivity contribution in [2.45, 2.75) is 26.3 Å². The molecular weight excluding hydrogens is 482 g/mol. The number of nitrogens with two attached hydrogens (primary N) is 2. The van der Waals surface area contributed by atoms with E-state index in [2.05, 4.69) is 9.69 Å². The van der Waals surface area contributed by atoms with Crippen LogP contribution in [0.1, 0.15) is 52.0 Å². The smallest absolute Gasteiger partial charge is 0.273 e. The van der Waals surface area contributed by atoms with Gasteiger partial charge in [0.15, 0.2) is 5.69 Å². The van der Waals surface area contributed by atoms with Gasteiger partial charge in [0.1, 0.15) is 22.4 Å². The van der Waals surface area contributed by atoms with E-state index in [0.29, 0.717) is 29.5 Å². The number of aromatic nitrogens is 1. The lowest BCUT2D eigenvalue weighted by atomic mass is 10.0. The number of benzene rings is 2. The van der Waals surface area contributed by atoms with Crippen molar-refractivity contribution in [3.05, 3.63) is 64.7 Å². The third-order valence-electron chi connectivity index (χ3n) is 5.44. The summed E-state index contributed by atoms with van der Waals surface area (Å²) in [6.45, 7) is 4.48. The summed E-state index contributed by atoms with van der Waals surface area (Å²) < 4.78 is 9.28. The lowest BCUT2D eigenvalue weighted by Crippen LogP contribution is -2.44. The van der Waals surface area contributed by atoms with E-state index in [1.165, 1.54) is 24.1 Å². The highest BCUT2D eigenvalue weighted by molar-refractivity contribution is 7.09. The highest BCUT2D eigenvalue weighted by Crippen LogP contribution is 2.35. The zero-order valence-corrected chi connectivity index (χ0v) is 21.0. The second-order valence-electron chi connectivity index (χ2n) is 8.48. The third-order valence-corrected chi connectivity index (χ3v) is 6.29. The summed E-state index contributed by atoms with van der Waals surface area (Å²) in [4.78, 5) is 40.5.